The molecule has 0 aliphatic carbocycles. The van der Waals surface area contributed by atoms with Crippen molar-refractivity contribution in [2.45, 2.75) is 0 Å². The lowest BCUT2D eigenvalue weighted by molar-refractivity contribution is 0.337. The maximum Gasteiger partial charge on any atom is 0.418 e. The van der Waals surface area contributed by atoms with E-state index in [0.717, 1.165) is 4.66 Å². The summed E-state index contributed by atoms with van der Waals surface area (Å²) in [5.41, 5.74) is 0. The molecule has 0 fully saturated rings. The van der Waals surface area contributed by atoms with Gasteiger partial charge in [-0.2, -0.15) is 0 Å². The van der Waals surface area contributed by atoms with Crippen molar-refractivity contribution in [2.24, 2.45) is 0 Å². The van der Waals surface area contributed by atoms with Gasteiger partial charge in [-0.05, 0) is 0 Å². The van der Waals surface area contributed by atoms with E-state index >= 15 is 0 Å². The molecule has 0 atom stereocenters. The van der Waals surface area contributed by atoms with Crippen molar-refractivity contribution in [1.82, 2.24) is 0 Å². The zero-order valence-corrected chi connectivity index (χ0v) is 5.92. The molecule has 2 nitrogen and oxygen atoms in total. The molecule has 0 heterocycles. The zero-order chi connectivity index (χ0) is 5.54. The van der Waals surface area contributed by atoms with Gasteiger partial charge in [0.15, 0.2) is 0 Å². The Labute approximate surface area is 54.7 Å². The third-order valence-corrected chi connectivity index (χ3v) is 1.69. The molecular weight excluding hydrogens is 180 g/mol. The molecule has 4 heteroatoms. The molecular formula is C3H4BrO2S. The molecule has 0 bridgehead atoms. The molecule has 0 saturated heterocycles. The lowest BCUT2D eigenvalue weighted by atomic mass is 11.5. The van der Waals surface area contributed by atoms with E-state index < -0.39 is 0 Å². The summed E-state index contributed by atoms with van der Waals surface area (Å²) in [6.07, 6.45) is 0. The molecule has 0 N–H and O–H groups in total. The number of thioether (sulfide) groups is 1. The van der Waals surface area contributed by atoms with Gasteiger partial charge in [0.25, 0.3) is 0 Å². The van der Waals surface area contributed by atoms with Crippen molar-refractivity contribution in [3.63, 3.8) is 0 Å². The molecule has 0 aromatic carbocycles. The first-order valence-electron chi connectivity index (χ1n) is 1.54. The van der Waals surface area contributed by atoms with Crippen LogP contribution in [-0.4, -0.2) is 17.1 Å². The Kier molecular flexibility index (Phi) is 6.57. The Balaban J connectivity index is 2.56. The number of hydrogen-bond donors (Lipinski definition) is 0. The lowest BCUT2D eigenvalue weighted by Crippen LogP contribution is -1.83. The quantitative estimate of drug-likeness (QED) is 0.372. The van der Waals surface area contributed by atoms with Gasteiger partial charge in [-0.15, -0.1) is 11.8 Å². The Morgan fingerprint density at radius 1 is 1.86 bits per heavy atom. The van der Waals surface area contributed by atoms with E-state index in [0.29, 0.717) is 5.94 Å². The van der Waals surface area contributed by atoms with E-state index in [-0.39, 0.29) is 0 Å². The number of ether oxygens (including phenoxy) is 1. The van der Waals surface area contributed by atoms with Crippen molar-refractivity contribution in [3.05, 3.63) is 0 Å². The summed E-state index contributed by atoms with van der Waals surface area (Å²) in [7, 11) is 0. The van der Waals surface area contributed by atoms with Crippen LogP contribution in [0, 0.1) is 0 Å². The number of alkyl halides is 1. The summed E-state index contributed by atoms with van der Waals surface area (Å²) in [5, 5.41) is 0. The van der Waals surface area contributed by atoms with E-state index in [1.807, 2.05) is 0 Å². The summed E-state index contributed by atoms with van der Waals surface area (Å²) in [6.45, 7) is 1.31. The molecule has 41 valence electrons. The summed E-state index contributed by atoms with van der Waals surface area (Å²) in [5.74, 6) is 0.384. The summed E-state index contributed by atoms with van der Waals surface area (Å²) in [4.78, 5) is 9.30. The second-order valence-electron chi connectivity index (χ2n) is 0.659. The van der Waals surface area contributed by atoms with Crippen LogP contribution in [0.2, 0.25) is 0 Å². The molecule has 0 aromatic rings. The predicted octanol–water partition coefficient (Wildman–Crippen LogP) is 1.11. The number of rotatable bonds is 4. The van der Waals surface area contributed by atoms with Gasteiger partial charge >= 0.3 is 6.47 Å². The largest absolute Gasteiger partial charge is 0.446 e. The van der Waals surface area contributed by atoms with Crippen LogP contribution in [0.5, 0.6) is 0 Å². The summed E-state index contributed by atoms with van der Waals surface area (Å²) < 4.78 is 4.99. The van der Waals surface area contributed by atoms with Crippen molar-refractivity contribution >= 4 is 34.2 Å². The fraction of sp³-hybridized carbons (Fsp3) is 0.667. The Morgan fingerprint density at radius 3 is 3.00 bits per heavy atom. The van der Waals surface area contributed by atoms with Crippen LogP contribution in [0.15, 0.2) is 0 Å². The highest BCUT2D eigenvalue weighted by molar-refractivity contribution is 9.11. The van der Waals surface area contributed by atoms with E-state index in [1.54, 1.807) is 0 Å². The summed E-state index contributed by atoms with van der Waals surface area (Å²) in [6, 6.07) is 0. The highest BCUT2D eigenvalue weighted by Gasteiger charge is 1.80. The standard InChI is InChI=1S/C3H4BrO2S/c4-1-7-3-6-2-5/h1,3H2. The average Bonchev–Trinajstić information content (AvgIpc) is 1.69. The van der Waals surface area contributed by atoms with E-state index in [1.165, 1.54) is 18.2 Å². The third kappa shape index (κ3) is 6.30. The summed E-state index contributed by atoms with van der Waals surface area (Å²) >= 11 is 4.60. The smallest absolute Gasteiger partial charge is 0.418 e. The maximum absolute atomic E-state index is 9.30. The Bertz CT molecular complexity index is 50.2. The van der Waals surface area contributed by atoms with Crippen molar-refractivity contribution in [3.8, 4) is 0 Å². The van der Waals surface area contributed by atoms with Crippen LogP contribution in [0.4, 0.5) is 0 Å². The molecule has 0 saturated carbocycles. The van der Waals surface area contributed by atoms with Crippen LogP contribution in [0.25, 0.3) is 0 Å². The van der Waals surface area contributed by atoms with Crippen molar-refractivity contribution in [1.29, 1.82) is 0 Å². The molecule has 7 heavy (non-hydrogen) atoms. The van der Waals surface area contributed by atoms with Crippen LogP contribution < -0.4 is 0 Å². The predicted molar refractivity (Wildman–Crippen MR) is 33.0 cm³/mol. The highest BCUT2D eigenvalue weighted by Crippen LogP contribution is 2.02. The van der Waals surface area contributed by atoms with E-state index in [4.69, 9.17) is 0 Å². The second kappa shape index (κ2) is 6.30. The van der Waals surface area contributed by atoms with E-state index in [2.05, 4.69) is 20.7 Å². The topological polar surface area (TPSA) is 26.3 Å². The monoisotopic (exact) mass is 183 g/mol. The molecule has 0 aromatic heterocycles. The van der Waals surface area contributed by atoms with Gasteiger partial charge in [0.2, 0.25) is 0 Å². The molecule has 0 unspecified atom stereocenters. The molecule has 0 aliphatic heterocycles. The SMILES string of the molecule is O=[C]OCSCBr. The first-order valence-corrected chi connectivity index (χ1v) is 3.82. The third-order valence-electron chi connectivity index (χ3n) is 0.278. The van der Waals surface area contributed by atoms with Crippen molar-refractivity contribution in [2.75, 3.05) is 10.6 Å². The minimum absolute atomic E-state index is 0.384. The zero-order valence-electron chi connectivity index (χ0n) is 3.52. The van der Waals surface area contributed by atoms with E-state index in [9.17, 15) is 4.79 Å². The average molecular weight is 184 g/mol. The van der Waals surface area contributed by atoms with Gasteiger partial charge in [-0.3, -0.25) is 0 Å². The molecule has 0 aliphatic rings. The van der Waals surface area contributed by atoms with Gasteiger partial charge in [-0.25, -0.2) is 4.79 Å². The van der Waals surface area contributed by atoms with Gasteiger partial charge in [0, 0.05) is 0 Å². The fourth-order valence-electron chi connectivity index (χ4n) is 0.0972. The Hall–Kier alpha value is 0.300. The maximum atomic E-state index is 9.30. The van der Waals surface area contributed by atoms with Gasteiger partial charge < -0.3 is 4.74 Å². The van der Waals surface area contributed by atoms with Crippen LogP contribution in [-0.2, 0) is 9.53 Å². The van der Waals surface area contributed by atoms with Gasteiger partial charge in [0.05, 0.1) is 4.66 Å². The highest BCUT2D eigenvalue weighted by atomic mass is 79.9. The molecule has 0 amide bonds. The molecule has 1 radical (unpaired) electrons. The van der Waals surface area contributed by atoms with Crippen LogP contribution >= 0.6 is 27.7 Å². The number of carbonyl (C=O) groups excluding carboxylic acids is 1. The number of halogens is 1. The molecule has 0 spiro atoms. The first-order chi connectivity index (χ1) is 3.41. The van der Waals surface area contributed by atoms with Crippen LogP contribution in [0.1, 0.15) is 0 Å². The normalized spacial score (nSPS) is 8.14. The van der Waals surface area contributed by atoms with Crippen molar-refractivity contribution < 1.29 is 9.53 Å². The minimum Gasteiger partial charge on any atom is -0.446 e. The first kappa shape index (κ1) is 7.30. The van der Waals surface area contributed by atoms with Crippen LogP contribution in [0.3, 0.4) is 0 Å². The Morgan fingerprint density at radius 2 is 2.57 bits per heavy atom. The fourth-order valence-corrected chi connectivity index (χ4v) is 0.688. The minimum atomic E-state index is 0.384. The molecule has 0 rings (SSSR count). The van der Waals surface area contributed by atoms with Gasteiger partial charge in [0.1, 0.15) is 5.94 Å². The lowest BCUT2D eigenvalue weighted by Gasteiger charge is -1.88. The van der Waals surface area contributed by atoms with Gasteiger partial charge in [-0.1, -0.05) is 15.9 Å². The number of hydrogen-bond acceptors (Lipinski definition) is 3. The second-order valence-corrected chi connectivity index (χ2v) is 2.89.